The summed E-state index contributed by atoms with van der Waals surface area (Å²) in [5.74, 6) is 1.16. The number of amides is 1. The Labute approximate surface area is 158 Å². The van der Waals surface area contributed by atoms with Gasteiger partial charge in [0.25, 0.3) is 0 Å². The van der Waals surface area contributed by atoms with Gasteiger partial charge in [-0.05, 0) is 81.5 Å². The molecule has 4 rings (SSSR count). The average Bonchev–Trinajstić information content (AvgIpc) is 3.46. The lowest BCUT2D eigenvalue weighted by molar-refractivity contribution is -0.135. The molecule has 1 amide bonds. The third-order valence-electron chi connectivity index (χ3n) is 6.13. The molecule has 1 aliphatic heterocycles. The van der Waals surface area contributed by atoms with Crippen LogP contribution in [-0.2, 0) is 11.2 Å². The molecule has 2 aliphatic carbocycles. The van der Waals surface area contributed by atoms with Crippen molar-refractivity contribution in [2.45, 2.75) is 69.9 Å². The Bertz CT molecular complexity index is 581. The van der Waals surface area contributed by atoms with E-state index in [1.807, 2.05) is 0 Å². The Hall–Kier alpha value is -1.06. The molecule has 2 fully saturated rings. The van der Waals surface area contributed by atoms with Gasteiger partial charge in [-0.15, -0.1) is 12.4 Å². The Morgan fingerprint density at radius 2 is 1.84 bits per heavy atom. The van der Waals surface area contributed by atoms with E-state index >= 15 is 0 Å². The smallest absolute Gasteiger partial charge is 0.223 e. The number of aryl methyl sites for hydroxylation is 1. The minimum Gasteiger partial charge on any atom is -0.333 e. The molecule has 3 nitrogen and oxygen atoms in total. The van der Waals surface area contributed by atoms with Gasteiger partial charge < -0.3 is 10.2 Å². The highest BCUT2D eigenvalue weighted by Crippen LogP contribution is 2.41. The van der Waals surface area contributed by atoms with Gasteiger partial charge >= 0.3 is 0 Å². The molecule has 1 saturated heterocycles. The van der Waals surface area contributed by atoms with Crippen molar-refractivity contribution in [1.82, 2.24) is 10.2 Å². The second kappa shape index (κ2) is 8.55. The molecule has 1 aromatic carbocycles. The lowest BCUT2D eigenvalue weighted by Crippen LogP contribution is -2.38. The van der Waals surface area contributed by atoms with Crippen molar-refractivity contribution in [3.8, 4) is 0 Å². The van der Waals surface area contributed by atoms with Crippen molar-refractivity contribution in [2.75, 3.05) is 13.1 Å². The molecule has 1 N–H and O–H groups in total. The first-order chi connectivity index (χ1) is 11.8. The van der Waals surface area contributed by atoms with Crippen LogP contribution in [0.15, 0.2) is 24.3 Å². The van der Waals surface area contributed by atoms with Gasteiger partial charge in [0.05, 0.1) is 6.04 Å². The maximum Gasteiger partial charge on any atom is 0.223 e. The Balaban J connectivity index is 0.00000182. The number of rotatable bonds is 5. The second-order valence-electron chi connectivity index (χ2n) is 7.87. The summed E-state index contributed by atoms with van der Waals surface area (Å²) >= 11 is 0. The summed E-state index contributed by atoms with van der Waals surface area (Å²) in [6.07, 6.45) is 10.3. The number of piperidine rings is 1. The predicted molar refractivity (Wildman–Crippen MR) is 104 cm³/mol. The molecule has 3 aliphatic rings. The van der Waals surface area contributed by atoms with Crippen LogP contribution in [0.25, 0.3) is 0 Å². The monoisotopic (exact) mass is 362 g/mol. The molecule has 0 spiro atoms. The summed E-state index contributed by atoms with van der Waals surface area (Å²) in [6.45, 7) is 2.25. The third kappa shape index (κ3) is 4.38. The summed E-state index contributed by atoms with van der Waals surface area (Å²) in [4.78, 5) is 15.4. The molecule has 1 unspecified atom stereocenters. The molecule has 0 bridgehead atoms. The highest BCUT2D eigenvalue weighted by Gasteiger charge is 2.39. The van der Waals surface area contributed by atoms with Crippen molar-refractivity contribution < 1.29 is 4.79 Å². The molecular formula is C21H31ClN2O. The first-order valence-electron chi connectivity index (χ1n) is 9.92. The molecule has 4 heteroatoms. The number of nitrogens with one attached hydrogen (secondary N) is 1. The summed E-state index contributed by atoms with van der Waals surface area (Å²) < 4.78 is 0. The van der Waals surface area contributed by atoms with E-state index in [0.29, 0.717) is 18.0 Å². The molecule has 138 valence electrons. The fraction of sp³-hybridized carbons (Fsp3) is 0.667. The van der Waals surface area contributed by atoms with Gasteiger partial charge in [0.1, 0.15) is 0 Å². The summed E-state index contributed by atoms with van der Waals surface area (Å²) in [5.41, 5.74) is 2.89. The number of halogens is 1. The van der Waals surface area contributed by atoms with Crippen molar-refractivity contribution in [3.05, 3.63) is 35.4 Å². The quantitative estimate of drug-likeness (QED) is 0.848. The van der Waals surface area contributed by atoms with Crippen molar-refractivity contribution in [2.24, 2.45) is 5.92 Å². The Kier molecular flexibility index (Phi) is 6.40. The minimum atomic E-state index is 0. The van der Waals surface area contributed by atoms with Gasteiger partial charge in [0.2, 0.25) is 5.91 Å². The molecule has 0 radical (unpaired) electrons. The highest BCUT2D eigenvalue weighted by molar-refractivity contribution is 5.85. The minimum absolute atomic E-state index is 0. The number of hydrogen-bond donors (Lipinski definition) is 1. The lowest BCUT2D eigenvalue weighted by atomic mass is 9.86. The van der Waals surface area contributed by atoms with Crippen LogP contribution in [0.5, 0.6) is 0 Å². The predicted octanol–water partition coefficient (Wildman–Crippen LogP) is 4.26. The van der Waals surface area contributed by atoms with E-state index in [0.717, 1.165) is 38.3 Å². The number of fused-ring (bicyclic) bond motifs is 1. The van der Waals surface area contributed by atoms with Gasteiger partial charge in [0, 0.05) is 12.5 Å². The standard InChI is InChI=1S/C21H30N2O.ClH/c24-21(11-8-16-12-14-22-15-13-16)23(18-9-10-18)20-7-3-5-17-4-1-2-6-19(17)20;/h1-2,4,6,16,18,20,22H,3,5,7-15H2;1H. The molecule has 25 heavy (non-hydrogen) atoms. The van der Waals surface area contributed by atoms with E-state index in [9.17, 15) is 4.79 Å². The molecule has 1 aromatic rings. The first-order valence-corrected chi connectivity index (χ1v) is 9.92. The molecule has 1 atom stereocenters. The lowest BCUT2D eigenvalue weighted by Gasteiger charge is -2.36. The maximum absolute atomic E-state index is 13.1. The number of benzene rings is 1. The van der Waals surface area contributed by atoms with E-state index < -0.39 is 0 Å². The number of hydrogen-bond acceptors (Lipinski definition) is 2. The summed E-state index contributed by atoms with van der Waals surface area (Å²) in [5, 5.41) is 3.42. The van der Waals surface area contributed by atoms with Gasteiger partial charge in [-0.2, -0.15) is 0 Å². The van der Waals surface area contributed by atoms with Crippen LogP contribution in [-0.4, -0.2) is 29.9 Å². The fourth-order valence-corrected chi connectivity index (χ4v) is 4.63. The van der Waals surface area contributed by atoms with Crippen LogP contribution >= 0.6 is 12.4 Å². The van der Waals surface area contributed by atoms with E-state index in [1.54, 1.807) is 0 Å². The van der Waals surface area contributed by atoms with Crippen LogP contribution in [0.3, 0.4) is 0 Å². The highest BCUT2D eigenvalue weighted by atomic mass is 35.5. The van der Waals surface area contributed by atoms with Gasteiger partial charge in [-0.3, -0.25) is 4.79 Å². The SMILES string of the molecule is Cl.O=C(CCC1CCNCC1)N(C1CC1)C1CCCc2ccccc21. The van der Waals surface area contributed by atoms with Gasteiger partial charge in [-0.1, -0.05) is 24.3 Å². The summed E-state index contributed by atoms with van der Waals surface area (Å²) in [6, 6.07) is 9.65. The van der Waals surface area contributed by atoms with Crippen LogP contribution < -0.4 is 5.32 Å². The first kappa shape index (κ1) is 18.7. The van der Waals surface area contributed by atoms with E-state index in [-0.39, 0.29) is 12.4 Å². The molecule has 1 saturated carbocycles. The molecule has 1 heterocycles. The number of carbonyl (C=O) groups is 1. The largest absolute Gasteiger partial charge is 0.333 e. The van der Waals surface area contributed by atoms with E-state index in [1.165, 1.54) is 49.7 Å². The number of nitrogens with zero attached hydrogens (tertiary/aromatic N) is 1. The Morgan fingerprint density at radius 3 is 2.60 bits per heavy atom. The zero-order chi connectivity index (χ0) is 16.4. The normalized spacial score (nSPS) is 23.4. The molecule has 0 aromatic heterocycles. The van der Waals surface area contributed by atoms with Crippen molar-refractivity contribution in [3.63, 3.8) is 0 Å². The van der Waals surface area contributed by atoms with Crippen LogP contribution in [0, 0.1) is 5.92 Å². The number of carbonyl (C=O) groups excluding carboxylic acids is 1. The maximum atomic E-state index is 13.1. The summed E-state index contributed by atoms with van der Waals surface area (Å²) in [7, 11) is 0. The third-order valence-corrected chi connectivity index (χ3v) is 6.13. The van der Waals surface area contributed by atoms with Gasteiger partial charge in [0.15, 0.2) is 0 Å². The van der Waals surface area contributed by atoms with E-state index in [4.69, 9.17) is 0 Å². The average molecular weight is 363 g/mol. The second-order valence-corrected chi connectivity index (χ2v) is 7.87. The van der Waals surface area contributed by atoms with E-state index in [2.05, 4.69) is 34.5 Å². The van der Waals surface area contributed by atoms with Crippen LogP contribution in [0.4, 0.5) is 0 Å². The Morgan fingerprint density at radius 1 is 1.08 bits per heavy atom. The zero-order valence-corrected chi connectivity index (χ0v) is 15.9. The van der Waals surface area contributed by atoms with Crippen LogP contribution in [0.2, 0.25) is 0 Å². The van der Waals surface area contributed by atoms with Crippen LogP contribution in [0.1, 0.15) is 68.5 Å². The fourth-order valence-electron chi connectivity index (χ4n) is 4.63. The van der Waals surface area contributed by atoms with Crippen molar-refractivity contribution >= 4 is 18.3 Å². The van der Waals surface area contributed by atoms with Gasteiger partial charge in [-0.25, -0.2) is 0 Å². The van der Waals surface area contributed by atoms with Crippen molar-refractivity contribution in [1.29, 1.82) is 0 Å². The molecular weight excluding hydrogens is 332 g/mol. The topological polar surface area (TPSA) is 32.3 Å². The zero-order valence-electron chi connectivity index (χ0n) is 15.1.